The van der Waals surface area contributed by atoms with E-state index in [9.17, 15) is 4.79 Å². The highest BCUT2D eigenvalue weighted by atomic mass is 79.9. The summed E-state index contributed by atoms with van der Waals surface area (Å²) in [5.41, 5.74) is 1.99. The van der Waals surface area contributed by atoms with E-state index in [2.05, 4.69) is 43.8 Å². The Hall–Kier alpha value is -0.810. The number of nitrogens with one attached hydrogen (secondary N) is 1. The summed E-state index contributed by atoms with van der Waals surface area (Å²) in [4.78, 5) is 11.1. The SMILES string of the molecule is C=CCNc1cccc(C(Br)C(Br)C(=O)OCC)c1. The minimum atomic E-state index is -0.415. The third kappa shape index (κ3) is 4.99. The van der Waals surface area contributed by atoms with Gasteiger partial charge in [-0.15, -0.1) is 6.58 Å². The van der Waals surface area contributed by atoms with E-state index in [-0.39, 0.29) is 10.8 Å². The van der Waals surface area contributed by atoms with Crippen molar-refractivity contribution in [1.82, 2.24) is 0 Å². The van der Waals surface area contributed by atoms with E-state index in [0.29, 0.717) is 13.2 Å². The molecule has 0 fully saturated rings. The molecule has 0 saturated carbocycles. The van der Waals surface area contributed by atoms with Crippen molar-refractivity contribution < 1.29 is 9.53 Å². The molecular weight excluding hydrogens is 374 g/mol. The van der Waals surface area contributed by atoms with Crippen LogP contribution in [0, 0.1) is 0 Å². The number of alkyl halides is 2. The van der Waals surface area contributed by atoms with Gasteiger partial charge in [0, 0.05) is 12.2 Å². The first-order chi connectivity index (χ1) is 9.10. The average Bonchev–Trinajstić information content (AvgIpc) is 2.44. The van der Waals surface area contributed by atoms with Crippen molar-refractivity contribution in [3.63, 3.8) is 0 Å². The summed E-state index contributed by atoms with van der Waals surface area (Å²) in [5, 5.41) is 3.21. The second kappa shape index (κ2) is 8.38. The second-order valence-electron chi connectivity index (χ2n) is 3.85. The van der Waals surface area contributed by atoms with Crippen LogP contribution in [0.25, 0.3) is 0 Å². The summed E-state index contributed by atoms with van der Waals surface area (Å²) < 4.78 is 5.00. The molecule has 2 atom stereocenters. The van der Waals surface area contributed by atoms with Gasteiger partial charge < -0.3 is 10.1 Å². The van der Waals surface area contributed by atoms with Gasteiger partial charge >= 0.3 is 5.97 Å². The third-order valence-corrected chi connectivity index (χ3v) is 5.09. The van der Waals surface area contributed by atoms with Crippen molar-refractivity contribution in [2.75, 3.05) is 18.5 Å². The molecule has 1 rings (SSSR count). The molecule has 1 aromatic rings. The maximum Gasteiger partial charge on any atom is 0.321 e. The van der Waals surface area contributed by atoms with Gasteiger partial charge in [0.05, 0.1) is 11.4 Å². The number of benzene rings is 1. The molecule has 1 aromatic carbocycles. The number of carbonyl (C=O) groups is 1. The van der Waals surface area contributed by atoms with Crippen molar-refractivity contribution >= 4 is 43.5 Å². The number of ether oxygens (including phenoxy) is 1. The molecule has 0 aliphatic carbocycles. The summed E-state index contributed by atoms with van der Waals surface area (Å²) in [7, 11) is 0. The minimum absolute atomic E-state index is 0.142. The maximum atomic E-state index is 11.7. The van der Waals surface area contributed by atoms with Crippen LogP contribution in [0.3, 0.4) is 0 Å². The van der Waals surface area contributed by atoms with Crippen molar-refractivity contribution in [3.8, 4) is 0 Å². The molecule has 0 aliphatic rings. The zero-order valence-corrected chi connectivity index (χ0v) is 13.9. The highest BCUT2D eigenvalue weighted by Crippen LogP contribution is 2.33. The fraction of sp³-hybridized carbons (Fsp3) is 0.357. The molecule has 0 saturated heterocycles. The number of carbonyl (C=O) groups excluding carboxylic acids is 1. The van der Waals surface area contributed by atoms with Crippen LogP contribution in [0.5, 0.6) is 0 Å². The summed E-state index contributed by atoms with van der Waals surface area (Å²) in [6.07, 6.45) is 1.80. The molecule has 0 spiro atoms. The van der Waals surface area contributed by atoms with Crippen LogP contribution in [-0.2, 0) is 9.53 Å². The zero-order chi connectivity index (χ0) is 14.3. The minimum Gasteiger partial charge on any atom is -0.465 e. The summed E-state index contributed by atoms with van der Waals surface area (Å²) in [6.45, 7) is 6.53. The first-order valence-electron chi connectivity index (χ1n) is 5.99. The number of hydrogen-bond donors (Lipinski definition) is 1. The van der Waals surface area contributed by atoms with Gasteiger partial charge in [-0.25, -0.2) is 0 Å². The highest BCUT2D eigenvalue weighted by Gasteiger charge is 2.26. The molecule has 1 N–H and O–H groups in total. The Labute approximate surface area is 130 Å². The topological polar surface area (TPSA) is 38.3 Å². The largest absolute Gasteiger partial charge is 0.465 e. The molecule has 0 heterocycles. The Bertz CT molecular complexity index is 437. The Morgan fingerprint density at radius 2 is 2.26 bits per heavy atom. The van der Waals surface area contributed by atoms with Gasteiger partial charge in [-0.05, 0) is 24.6 Å². The molecule has 3 nitrogen and oxygen atoms in total. The standard InChI is InChI=1S/C14H17Br2NO2/c1-3-8-17-11-7-5-6-10(9-11)12(15)13(16)14(18)19-4-2/h3,5-7,9,12-13,17H,1,4,8H2,2H3. The summed E-state index contributed by atoms with van der Waals surface area (Å²) in [5.74, 6) is -0.270. The predicted molar refractivity (Wildman–Crippen MR) is 86.1 cm³/mol. The van der Waals surface area contributed by atoms with Gasteiger partial charge in [-0.3, -0.25) is 4.79 Å². The van der Waals surface area contributed by atoms with Crippen LogP contribution in [0.1, 0.15) is 17.3 Å². The number of anilines is 1. The molecule has 0 aromatic heterocycles. The molecule has 104 valence electrons. The van der Waals surface area contributed by atoms with E-state index in [1.165, 1.54) is 0 Å². The van der Waals surface area contributed by atoms with E-state index in [1.54, 1.807) is 13.0 Å². The lowest BCUT2D eigenvalue weighted by molar-refractivity contribution is -0.142. The second-order valence-corrected chi connectivity index (χ2v) is 5.82. The fourth-order valence-corrected chi connectivity index (χ4v) is 2.46. The third-order valence-electron chi connectivity index (χ3n) is 2.42. The first-order valence-corrected chi connectivity index (χ1v) is 7.82. The number of hydrogen-bond acceptors (Lipinski definition) is 3. The van der Waals surface area contributed by atoms with Gasteiger partial charge in [0.15, 0.2) is 0 Å². The van der Waals surface area contributed by atoms with Crippen molar-refractivity contribution in [1.29, 1.82) is 0 Å². The molecule has 0 radical (unpaired) electrons. The predicted octanol–water partition coefficient (Wildman–Crippen LogP) is 4.05. The Morgan fingerprint density at radius 3 is 2.89 bits per heavy atom. The number of rotatable bonds is 7. The van der Waals surface area contributed by atoms with Crippen molar-refractivity contribution in [2.24, 2.45) is 0 Å². The Kier molecular flexibility index (Phi) is 7.16. The van der Waals surface area contributed by atoms with Crippen LogP contribution in [0.2, 0.25) is 0 Å². The van der Waals surface area contributed by atoms with Gasteiger partial charge in [0.1, 0.15) is 4.83 Å². The van der Waals surface area contributed by atoms with Crippen LogP contribution >= 0.6 is 31.9 Å². The first kappa shape index (κ1) is 16.2. The van der Waals surface area contributed by atoms with E-state index >= 15 is 0 Å². The number of halogens is 2. The molecule has 0 amide bonds. The highest BCUT2D eigenvalue weighted by molar-refractivity contribution is 9.12. The van der Waals surface area contributed by atoms with E-state index in [1.807, 2.05) is 24.3 Å². The summed E-state index contributed by atoms with van der Waals surface area (Å²) >= 11 is 6.89. The Morgan fingerprint density at radius 1 is 1.53 bits per heavy atom. The zero-order valence-electron chi connectivity index (χ0n) is 10.7. The molecule has 0 aliphatic heterocycles. The van der Waals surface area contributed by atoms with Crippen molar-refractivity contribution in [3.05, 3.63) is 42.5 Å². The van der Waals surface area contributed by atoms with E-state index in [0.717, 1.165) is 11.3 Å². The lowest BCUT2D eigenvalue weighted by Crippen LogP contribution is -2.21. The van der Waals surface area contributed by atoms with Crippen LogP contribution in [0.15, 0.2) is 36.9 Å². The molecule has 5 heteroatoms. The van der Waals surface area contributed by atoms with Crippen LogP contribution in [-0.4, -0.2) is 23.9 Å². The summed E-state index contributed by atoms with van der Waals surface area (Å²) in [6, 6.07) is 7.88. The molecule has 0 bridgehead atoms. The van der Waals surface area contributed by atoms with Gasteiger partial charge in [0.25, 0.3) is 0 Å². The molecular formula is C14H17Br2NO2. The Balaban J connectivity index is 2.78. The van der Waals surface area contributed by atoms with Crippen LogP contribution in [0.4, 0.5) is 5.69 Å². The molecule has 2 unspecified atom stereocenters. The normalized spacial score (nSPS) is 13.4. The van der Waals surface area contributed by atoms with E-state index in [4.69, 9.17) is 4.74 Å². The van der Waals surface area contributed by atoms with Gasteiger partial charge in [-0.2, -0.15) is 0 Å². The van der Waals surface area contributed by atoms with Gasteiger partial charge in [-0.1, -0.05) is 50.1 Å². The lowest BCUT2D eigenvalue weighted by Gasteiger charge is -2.16. The van der Waals surface area contributed by atoms with Crippen molar-refractivity contribution in [2.45, 2.75) is 16.6 Å². The monoisotopic (exact) mass is 389 g/mol. The quantitative estimate of drug-likeness (QED) is 0.433. The molecule has 19 heavy (non-hydrogen) atoms. The average molecular weight is 391 g/mol. The van der Waals surface area contributed by atoms with Crippen LogP contribution < -0.4 is 5.32 Å². The maximum absolute atomic E-state index is 11.7. The van der Waals surface area contributed by atoms with E-state index < -0.39 is 4.83 Å². The number of esters is 1. The smallest absolute Gasteiger partial charge is 0.321 e. The van der Waals surface area contributed by atoms with Gasteiger partial charge in [0.2, 0.25) is 0 Å². The lowest BCUT2D eigenvalue weighted by atomic mass is 10.1. The fourth-order valence-electron chi connectivity index (χ4n) is 1.52.